The van der Waals surface area contributed by atoms with Crippen LogP contribution in [0.25, 0.3) is 10.9 Å². The number of fused-ring (bicyclic) bond motifs is 1. The van der Waals surface area contributed by atoms with Gasteiger partial charge in [0.2, 0.25) is 11.2 Å². The average molecular weight is 831 g/mol. The van der Waals surface area contributed by atoms with Gasteiger partial charge >= 0.3 is 12.1 Å². The monoisotopic (exact) mass is 830 g/mol. The van der Waals surface area contributed by atoms with Crippen molar-refractivity contribution in [3.63, 3.8) is 0 Å². The standard InChI is InChI=1S/C39H43ClN4O9S2.FH/c1-44(26-8-10-27(11-9-26)53-39(37(48)49,33-5-3-15-54-33)34-6-4-16-55-34)13-14-52-38(50)42-29-20-32(51-2)25(18-28(29)40)21-41-22-31(46)24-17-23-7-12-35(47)43-36(23)30(45)19-24;/h3-7,12,15-20,26-27,31,41,45-46H,8-11,13-14,21-22H2,1-2H3,(H,42,50)(H,43,47)(H,48,49);1H/t26?,27?,31-;/m0./s1. The van der Waals surface area contributed by atoms with Crippen molar-refractivity contribution in [3.05, 3.63) is 108 Å². The molecule has 1 aliphatic carbocycles. The minimum Gasteiger partial charge on any atom is -0.506 e. The molecule has 3 heterocycles. The third-order valence-corrected chi connectivity index (χ3v) is 12.1. The number of amides is 1. The number of halogens is 2. The van der Waals surface area contributed by atoms with Crippen LogP contribution in [-0.4, -0.2) is 83.3 Å². The summed E-state index contributed by atoms with van der Waals surface area (Å²) in [6.07, 6.45) is 1.18. The summed E-state index contributed by atoms with van der Waals surface area (Å²) >= 11 is 9.29. The first-order valence-electron chi connectivity index (χ1n) is 17.7. The largest absolute Gasteiger partial charge is 0.506 e. The highest BCUT2D eigenvalue weighted by Gasteiger charge is 2.48. The molecular weight excluding hydrogens is 787 g/mol. The number of ether oxygens (including phenoxy) is 3. The van der Waals surface area contributed by atoms with E-state index >= 15 is 0 Å². The molecule has 17 heteroatoms. The van der Waals surface area contributed by atoms with Crippen LogP contribution in [0.4, 0.5) is 15.2 Å². The van der Waals surface area contributed by atoms with Gasteiger partial charge in [-0.05, 0) is 85.5 Å². The van der Waals surface area contributed by atoms with Crippen LogP contribution < -0.4 is 20.9 Å². The van der Waals surface area contributed by atoms with Gasteiger partial charge in [0, 0.05) is 48.8 Å². The number of likely N-dealkylation sites (N-methyl/N-ethyl adjacent to an activating group) is 1. The maximum absolute atomic E-state index is 12.8. The third-order valence-electron chi connectivity index (χ3n) is 9.80. The molecule has 3 aromatic heterocycles. The molecule has 6 rings (SSSR count). The van der Waals surface area contributed by atoms with Gasteiger partial charge in [-0.15, -0.1) is 22.7 Å². The van der Waals surface area contributed by atoms with Gasteiger partial charge in [0.05, 0.1) is 45.3 Å². The molecule has 6 N–H and O–H groups in total. The van der Waals surface area contributed by atoms with Crippen LogP contribution in [0.5, 0.6) is 11.5 Å². The third kappa shape index (κ3) is 9.69. The zero-order chi connectivity index (χ0) is 39.1. The van der Waals surface area contributed by atoms with Crippen molar-refractivity contribution in [3.8, 4) is 11.5 Å². The summed E-state index contributed by atoms with van der Waals surface area (Å²) in [5.41, 5.74) is -0.0967. The van der Waals surface area contributed by atoms with Gasteiger partial charge in [0.1, 0.15) is 18.1 Å². The lowest BCUT2D eigenvalue weighted by molar-refractivity contribution is -0.170. The zero-order valence-electron chi connectivity index (χ0n) is 30.7. The van der Waals surface area contributed by atoms with Gasteiger partial charge in [-0.25, -0.2) is 9.59 Å². The molecule has 1 atom stereocenters. The molecule has 1 saturated carbocycles. The Morgan fingerprint density at radius 3 is 2.38 bits per heavy atom. The van der Waals surface area contributed by atoms with E-state index in [1.807, 2.05) is 42.1 Å². The van der Waals surface area contributed by atoms with Gasteiger partial charge in [-0.3, -0.25) is 14.8 Å². The molecule has 0 saturated heterocycles. The van der Waals surface area contributed by atoms with Gasteiger partial charge in [0.15, 0.2) is 0 Å². The number of aliphatic hydroxyl groups is 1. The second-order valence-electron chi connectivity index (χ2n) is 13.3. The number of hydrogen-bond donors (Lipinski definition) is 6. The summed E-state index contributed by atoms with van der Waals surface area (Å²) < 4.78 is 17.5. The minimum absolute atomic E-state index is 0. The number of aromatic amines is 1. The quantitative estimate of drug-likeness (QED) is 0.0613. The molecular formula is C39H44ClFN4O9S2. The van der Waals surface area contributed by atoms with Crippen molar-refractivity contribution in [2.45, 2.75) is 56.1 Å². The van der Waals surface area contributed by atoms with E-state index in [-0.39, 0.29) is 52.9 Å². The Labute approximate surface area is 335 Å². The highest BCUT2D eigenvalue weighted by atomic mass is 35.5. The predicted octanol–water partition coefficient (Wildman–Crippen LogP) is 6.83. The fraction of sp³-hybridized carbons (Fsp3) is 0.359. The smallest absolute Gasteiger partial charge is 0.411 e. The van der Waals surface area contributed by atoms with Crippen LogP contribution in [0.15, 0.2) is 76.2 Å². The number of carboxylic acid groups (broad SMARTS) is 1. The number of phenolic OH excluding ortho intramolecular Hbond substituents is 1. The summed E-state index contributed by atoms with van der Waals surface area (Å²) in [4.78, 5) is 43.1. The first-order valence-corrected chi connectivity index (χ1v) is 19.9. The fourth-order valence-corrected chi connectivity index (χ4v) is 8.91. The lowest BCUT2D eigenvalue weighted by Crippen LogP contribution is -2.45. The molecule has 56 heavy (non-hydrogen) atoms. The van der Waals surface area contributed by atoms with Crippen molar-refractivity contribution in [1.82, 2.24) is 15.2 Å². The average Bonchev–Trinajstić information content (AvgIpc) is 3.92. The van der Waals surface area contributed by atoms with Crippen molar-refractivity contribution in [1.29, 1.82) is 0 Å². The number of phenols is 1. The van der Waals surface area contributed by atoms with Gasteiger partial charge in [0.25, 0.3) is 0 Å². The molecule has 0 spiro atoms. The Morgan fingerprint density at radius 2 is 1.75 bits per heavy atom. The van der Waals surface area contributed by atoms with E-state index in [0.717, 1.165) is 12.8 Å². The molecule has 300 valence electrons. The number of hydrogen-bond acceptors (Lipinski definition) is 12. The molecule has 0 bridgehead atoms. The Kier molecular flexibility index (Phi) is 14.5. The van der Waals surface area contributed by atoms with E-state index in [9.17, 15) is 29.7 Å². The minimum atomic E-state index is -1.53. The molecule has 5 aromatic rings. The van der Waals surface area contributed by atoms with Crippen LogP contribution in [0, 0.1) is 0 Å². The van der Waals surface area contributed by atoms with E-state index in [0.29, 0.717) is 62.6 Å². The number of carbonyl (C=O) groups excluding carboxylic acids is 1. The van der Waals surface area contributed by atoms with Crippen LogP contribution in [0.3, 0.4) is 0 Å². The number of carboxylic acids is 1. The zero-order valence-corrected chi connectivity index (χ0v) is 33.0. The summed E-state index contributed by atoms with van der Waals surface area (Å²) in [7, 11) is 3.48. The Hall–Kier alpha value is -4.55. The SMILES string of the molecule is COc1cc(NC(=O)OCCN(C)C2CCC(OC(C(=O)O)(c3cccs3)c3cccs3)CC2)c(Cl)cc1CNC[C@H](O)c1cc(O)c2[nH]c(=O)ccc2c1.F. The number of benzene rings is 2. The predicted molar refractivity (Wildman–Crippen MR) is 215 cm³/mol. The number of methoxy groups -OCH3 is 1. The lowest BCUT2D eigenvalue weighted by Gasteiger charge is -2.38. The molecule has 0 aliphatic heterocycles. The van der Waals surface area contributed by atoms with Gasteiger partial charge in [-0.1, -0.05) is 23.7 Å². The van der Waals surface area contributed by atoms with Crippen molar-refractivity contribution in [2.24, 2.45) is 0 Å². The number of aromatic nitrogens is 1. The molecule has 0 unspecified atom stereocenters. The second-order valence-corrected chi connectivity index (χ2v) is 15.7. The second kappa shape index (κ2) is 19.1. The summed E-state index contributed by atoms with van der Waals surface area (Å²) in [6, 6.07) is 16.8. The van der Waals surface area contributed by atoms with Gasteiger partial charge in [-0.2, -0.15) is 0 Å². The first kappa shape index (κ1) is 42.6. The Balaban J connectivity index is 0.00000600. The van der Waals surface area contributed by atoms with Crippen molar-refractivity contribution < 1.29 is 43.8 Å². The molecule has 1 aliphatic rings. The van der Waals surface area contributed by atoms with Crippen LogP contribution in [0.1, 0.15) is 52.7 Å². The number of aromatic hydroxyl groups is 1. The number of aliphatic hydroxyl groups excluding tert-OH is 1. The number of H-pyrrole nitrogens is 1. The number of nitrogens with zero attached hydrogens (tertiary/aromatic N) is 1. The number of carbonyl (C=O) groups is 2. The molecule has 13 nitrogen and oxygen atoms in total. The van der Waals surface area contributed by atoms with Gasteiger partial charge < -0.3 is 44.7 Å². The molecule has 2 aromatic carbocycles. The summed E-state index contributed by atoms with van der Waals surface area (Å²) in [5.74, 6) is -0.698. The lowest BCUT2D eigenvalue weighted by atomic mass is 9.90. The number of aliphatic carboxylic acids is 1. The van der Waals surface area contributed by atoms with E-state index in [1.165, 1.54) is 41.9 Å². The van der Waals surface area contributed by atoms with Crippen LogP contribution in [0.2, 0.25) is 5.02 Å². The van der Waals surface area contributed by atoms with Crippen LogP contribution in [-0.2, 0) is 26.4 Å². The number of rotatable bonds is 16. The van der Waals surface area contributed by atoms with E-state index < -0.39 is 23.8 Å². The number of anilines is 1. The first-order chi connectivity index (χ1) is 26.5. The topological polar surface area (TPSA) is 183 Å². The maximum atomic E-state index is 12.8. The summed E-state index contributed by atoms with van der Waals surface area (Å²) in [6.45, 7) is 1.06. The number of nitrogens with one attached hydrogen (secondary N) is 3. The highest BCUT2D eigenvalue weighted by molar-refractivity contribution is 7.12. The van der Waals surface area contributed by atoms with Crippen LogP contribution >= 0.6 is 34.3 Å². The van der Waals surface area contributed by atoms with Crippen molar-refractivity contribution in [2.75, 3.05) is 39.2 Å². The maximum Gasteiger partial charge on any atom is 0.411 e. The Morgan fingerprint density at radius 1 is 1.05 bits per heavy atom. The van der Waals surface area contributed by atoms with E-state index in [1.54, 1.807) is 24.3 Å². The van der Waals surface area contributed by atoms with E-state index in [2.05, 4.69) is 20.5 Å². The fourth-order valence-electron chi connectivity index (χ4n) is 6.86. The number of pyridine rings is 1. The summed E-state index contributed by atoms with van der Waals surface area (Å²) in [5, 5.41) is 42.0. The Bertz CT molecular complexity index is 2110. The van der Waals surface area contributed by atoms with Crippen molar-refractivity contribution >= 4 is 62.9 Å². The van der Waals surface area contributed by atoms with E-state index in [4.69, 9.17) is 25.8 Å². The number of thiophene rings is 2. The highest BCUT2D eigenvalue weighted by Crippen LogP contribution is 2.42. The molecule has 1 fully saturated rings. The molecule has 1 amide bonds. The molecule has 0 radical (unpaired) electrons. The normalized spacial score (nSPS) is 16.3.